The van der Waals surface area contributed by atoms with E-state index in [2.05, 4.69) is 103 Å². The number of rotatable bonds is 5. The predicted molar refractivity (Wildman–Crippen MR) is 197 cm³/mol. The van der Waals surface area contributed by atoms with E-state index in [1.165, 1.54) is 10.8 Å². The Morgan fingerprint density at radius 2 is 0.708 bits per heavy atom. The number of para-hydroxylation sites is 1. The normalized spacial score (nSPS) is 11.3. The standard InChI is InChI=1S/C44H28N4/c1-3-13-31(14-4-1)42-46-43(32-15-5-2-6-16-32)48-44(47-42)39-28-27-33(34-17-7-8-18-35(34)39)29-23-25-30(26-24-29)41-38-21-10-9-19-36(38)37-20-11-12-22-40(37)45-41/h1-28H. The van der Waals surface area contributed by atoms with Crippen LogP contribution in [-0.4, -0.2) is 19.9 Å². The Kier molecular flexibility index (Phi) is 6.76. The highest BCUT2D eigenvalue weighted by molar-refractivity contribution is 6.11. The Hall–Kier alpha value is -6.52. The molecule has 0 unspecified atom stereocenters. The zero-order valence-corrected chi connectivity index (χ0v) is 26.0. The second-order valence-corrected chi connectivity index (χ2v) is 11.8. The molecule has 9 aromatic rings. The van der Waals surface area contributed by atoms with Crippen molar-refractivity contribution in [2.75, 3.05) is 0 Å². The van der Waals surface area contributed by atoms with Gasteiger partial charge in [0.15, 0.2) is 17.5 Å². The number of hydrogen-bond donors (Lipinski definition) is 0. The summed E-state index contributed by atoms with van der Waals surface area (Å²) in [4.78, 5) is 20.0. The van der Waals surface area contributed by atoms with Crippen LogP contribution in [-0.2, 0) is 0 Å². The molecule has 48 heavy (non-hydrogen) atoms. The second kappa shape index (κ2) is 11.7. The minimum atomic E-state index is 0.648. The van der Waals surface area contributed by atoms with Crippen LogP contribution in [0.4, 0.5) is 0 Å². The lowest BCUT2D eigenvalue weighted by Crippen LogP contribution is -2.00. The molecule has 0 radical (unpaired) electrons. The average molecular weight is 613 g/mol. The van der Waals surface area contributed by atoms with Gasteiger partial charge in [-0.3, -0.25) is 0 Å². The fourth-order valence-electron chi connectivity index (χ4n) is 6.61. The first-order valence-electron chi connectivity index (χ1n) is 16.1. The Labute approximate surface area is 278 Å². The summed E-state index contributed by atoms with van der Waals surface area (Å²) in [5.41, 5.74) is 8.25. The highest BCUT2D eigenvalue weighted by atomic mass is 15.0. The molecule has 0 atom stereocenters. The van der Waals surface area contributed by atoms with Gasteiger partial charge in [0.05, 0.1) is 11.2 Å². The largest absolute Gasteiger partial charge is 0.247 e. The minimum Gasteiger partial charge on any atom is -0.247 e. The lowest BCUT2D eigenvalue weighted by molar-refractivity contribution is 1.08. The van der Waals surface area contributed by atoms with E-state index in [-0.39, 0.29) is 0 Å². The first-order valence-corrected chi connectivity index (χ1v) is 16.1. The number of aromatic nitrogens is 4. The molecule has 4 heteroatoms. The Balaban J connectivity index is 1.16. The summed E-state index contributed by atoms with van der Waals surface area (Å²) in [7, 11) is 0. The third-order valence-corrected chi connectivity index (χ3v) is 8.94. The van der Waals surface area contributed by atoms with E-state index in [0.29, 0.717) is 17.5 Å². The summed E-state index contributed by atoms with van der Waals surface area (Å²) in [6, 6.07) is 58.7. The monoisotopic (exact) mass is 612 g/mol. The molecule has 224 valence electrons. The molecule has 7 aromatic carbocycles. The summed E-state index contributed by atoms with van der Waals surface area (Å²) < 4.78 is 0. The van der Waals surface area contributed by atoms with Crippen LogP contribution in [0.5, 0.6) is 0 Å². The van der Waals surface area contributed by atoms with Crippen molar-refractivity contribution in [3.05, 3.63) is 170 Å². The van der Waals surface area contributed by atoms with E-state index < -0.39 is 0 Å². The van der Waals surface area contributed by atoms with Gasteiger partial charge >= 0.3 is 0 Å². The number of pyridine rings is 1. The maximum Gasteiger partial charge on any atom is 0.164 e. The van der Waals surface area contributed by atoms with Crippen LogP contribution in [0, 0.1) is 0 Å². The number of benzene rings is 7. The SMILES string of the molecule is c1ccc(-c2nc(-c3ccccc3)nc(-c3ccc(-c4ccc(-c5nc6ccccc6c6ccccc56)cc4)c4ccccc34)n2)cc1. The molecule has 0 fully saturated rings. The van der Waals surface area contributed by atoms with Gasteiger partial charge in [-0.2, -0.15) is 0 Å². The molecule has 0 N–H and O–H groups in total. The van der Waals surface area contributed by atoms with Gasteiger partial charge in [0, 0.05) is 33.0 Å². The molecular formula is C44H28N4. The first-order chi connectivity index (χ1) is 23.8. The molecule has 0 aliphatic carbocycles. The van der Waals surface area contributed by atoms with Crippen molar-refractivity contribution in [2.45, 2.75) is 0 Å². The molecule has 0 amide bonds. The van der Waals surface area contributed by atoms with Crippen molar-refractivity contribution in [1.82, 2.24) is 19.9 Å². The lowest BCUT2D eigenvalue weighted by Gasteiger charge is -2.14. The molecule has 0 saturated carbocycles. The molecule has 0 saturated heterocycles. The fourth-order valence-corrected chi connectivity index (χ4v) is 6.61. The van der Waals surface area contributed by atoms with Crippen molar-refractivity contribution in [2.24, 2.45) is 0 Å². The lowest BCUT2D eigenvalue weighted by atomic mass is 9.93. The second-order valence-electron chi connectivity index (χ2n) is 11.8. The van der Waals surface area contributed by atoms with E-state index in [4.69, 9.17) is 19.9 Å². The van der Waals surface area contributed by atoms with E-state index in [1.807, 2.05) is 66.7 Å². The fraction of sp³-hybridized carbons (Fsp3) is 0. The molecule has 0 aliphatic rings. The number of nitrogens with zero attached hydrogens (tertiary/aromatic N) is 4. The van der Waals surface area contributed by atoms with Crippen LogP contribution >= 0.6 is 0 Å². The quantitative estimate of drug-likeness (QED) is 0.181. The van der Waals surface area contributed by atoms with Crippen LogP contribution in [0.15, 0.2) is 170 Å². The van der Waals surface area contributed by atoms with Crippen molar-refractivity contribution >= 4 is 32.4 Å². The van der Waals surface area contributed by atoms with Crippen molar-refractivity contribution in [3.8, 4) is 56.5 Å². The third-order valence-electron chi connectivity index (χ3n) is 8.94. The predicted octanol–water partition coefficient (Wildman–Crippen LogP) is 11.1. The topological polar surface area (TPSA) is 51.6 Å². The maximum atomic E-state index is 5.11. The van der Waals surface area contributed by atoms with Gasteiger partial charge in [0.25, 0.3) is 0 Å². The van der Waals surface area contributed by atoms with Gasteiger partial charge in [-0.1, -0.05) is 158 Å². The van der Waals surface area contributed by atoms with E-state index >= 15 is 0 Å². The molecule has 0 spiro atoms. The molecule has 0 bridgehead atoms. The number of fused-ring (bicyclic) bond motifs is 4. The molecule has 2 heterocycles. The van der Waals surface area contributed by atoms with E-state index in [0.717, 1.165) is 60.8 Å². The molecule has 9 rings (SSSR count). The van der Waals surface area contributed by atoms with Crippen molar-refractivity contribution in [1.29, 1.82) is 0 Å². The molecule has 4 nitrogen and oxygen atoms in total. The summed E-state index contributed by atoms with van der Waals surface area (Å²) in [6.45, 7) is 0. The van der Waals surface area contributed by atoms with Crippen LogP contribution < -0.4 is 0 Å². The smallest absolute Gasteiger partial charge is 0.164 e. The summed E-state index contributed by atoms with van der Waals surface area (Å²) >= 11 is 0. The Morgan fingerprint density at radius 1 is 0.250 bits per heavy atom. The van der Waals surface area contributed by atoms with Gasteiger partial charge in [-0.05, 0) is 39.4 Å². The highest BCUT2D eigenvalue weighted by Crippen LogP contribution is 2.37. The van der Waals surface area contributed by atoms with Crippen molar-refractivity contribution in [3.63, 3.8) is 0 Å². The summed E-state index contributed by atoms with van der Waals surface area (Å²) in [6.07, 6.45) is 0. The Bertz CT molecular complexity index is 2540. The first kappa shape index (κ1) is 27.8. The van der Waals surface area contributed by atoms with Gasteiger partial charge in [-0.25, -0.2) is 19.9 Å². The van der Waals surface area contributed by atoms with E-state index in [1.54, 1.807) is 0 Å². The highest BCUT2D eigenvalue weighted by Gasteiger charge is 2.16. The van der Waals surface area contributed by atoms with Crippen LogP contribution in [0.25, 0.3) is 89.0 Å². The maximum absolute atomic E-state index is 5.11. The van der Waals surface area contributed by atoms with Gasteiger partial charge in [-0.15, -0.1) is 0 Å². The number of hydrogen-bond acceptors (Lipinski definition) is 4. The van der Waals surface area contributed by atoms with Gasteiger partial charge < -0.3 is 0 Å². The molecule has 2 aromatic heterocycles. The average Bonchev–Trinajstić information content (AvgIpc) is 3.18. The molecule has 0 aliphatic heterocycles. The van der Waals surface area contributed by atoms with Crippen LogP contribution in [0.2, 0.25) is 0 Å². The van der Waals surface area contributed by atoms with Crippen molar-refractivity contribution < 1.29 is 0 Å². The zero-order chi connectivity index (χ0) is 31.9. The minimum absolute atomic E-state index is 0.648. The zero-order valence-electron chi connectivity index (χ0n) is 26.0. The van der Waals surface area contributed by atoms with Crippen LogP contribution in [0.3, 0.4) is 0 Å². The van der Waals surface area contributed by atoms with Gasteiger partial charge in [0.2, 0.25) is 0 Å². The summed E-state index contributed by atoms with van der Waals surface area (Å²) in [5.74, 6) is 1.95. The van der Waals surface area contributed by atoms with Crippen LogP contribution in [0.1, 0.15) is 0 Å². The van der Waals surface area contributed by atoms with E-state index in [9.17, 15) is 0 Å². The Morgan fingerprint density at radius 3 is 1.35 bits per heavy atom. The van der Waals surface area contributed by atoms with Gasteiger partial charge in [0.1, 0.15) is 0 Å². The third kappa shape index (κ3) is 4.88. The molecular weight excluding hydrogens is 585 g/mol. The summed E-state index contributed by atoms with van der Waals surface area (Å²) in [5, 5.41) is 5.77.